The number of rotatable bonds is 4. The average Bonchev–Trinajstić information content (AvgIpc) is 2.80. The van der Waals surface area contributed by atoms with Gasteiger partial charge in [-0.3, -0.25) is 4.79 Å². The largest absolute Gasteiger partial charge is 0.481 e. The highest BCUT2D eigenvalue weighted by Gasteiger charge is 2.44. The first-order valence-electron chi connectivity index (χ1n) is 9.42. The van der Waals surface area contributed by atoms with Crippen molar-refractivity contribution >= 4 is 17.7 Å². The third-order valence-electron chi connectivity index (χ3n) is 6.33. The molecule has 4 rings (SSSR count). The second kappa shape index (κ2) is 6.53. The Morgan fingerprint density at radius 3 is 2.37 bits per heavy atom. The zero-order chi connectivity index (χ0) is 19.3. The van der Waals surface area contributed by atoms with Crippen LogP contribution in [0.4, 0.5) is 24.9 Å². The monoisotopic (exact) mass is 384 g/mol. The molecule has 1 aromatic rings. The molecule has 1 aliphatic carbocycles. The van der Waals surface area contributed by atoms with Gasteiger partial charge in [-0.05, 0) is 43.9 Å². The minimum atomic E-state index is -4.53. The van der Waals surface area contributed by atoms with Crippen LogP contribution in [0.2, 0.25) is 0 Å². The molecule has 2 bridgehead atoms. The molecular formula is C18H23F3N4O2. The van der Waals surface area contributed by atoms with Gasteiger partial charge in [0.15, 0.2) is 5.69 Å². The van der Waals surface area contributed by atoms with Crippen LogP contribution < -0.4 is 9.80 Å². The van der Waals surface area contributed by atoms with Crippen molar-refractivity contribution in [1.29, 1.82) is 0 Å². The van der Waals surface area contributed by atoms with Gasteiger partial charge in [0.1, 0.15) is 5.82 Å². The molecule has 2 saturated heterocycles. The summed E-state index contributed by atoms with van der Waals surface area (Å²) in [4.78, 5) is 23.0. The number of fused-ring (bicyclic) bond motifs is 2. The van der Waals surface area contributed by atoms with Gasteiger partial charge >= 0.3 is 12.1 Å². The van der Waals surface area contributed by atoms with Crippen molar-refractivity contribution in [3.05, 3.63) is 11.8 Å². The molecule has 1 aromatic heterocycles. The lowest BCUT2D eigenvalue weighted by atomic mass is 9.83. The standard InChI is InChI=1S/C18H23F3N4O2/c1-10-4-5-25(10)17-22-14(18(19,20)21)7-15(23-17)24-8-11-2-3-12(9-24)13(11)6-16(26)27/h7,10-13H,2-6,8-9H2,1H3,(H,26,27)/t10?,11-,12+,13?. The molecule has 9 heteroatoms. The Kier molecular flexibility index (Phi) is 4.43. The van der Waals surface area contributed by atoms with Crippen LogP contribution in [-0.4, -0.2) is 46.7 Å². The number of aromatic nitrogens is 2. The first-order chi connectivity index (χ1) is 12.7. The van der Waals surface area contributed by atoms with Gasteiger partial charge in [-0.25, -0.2) is 4.98 Å². The van der Waals surface area contributed by atoms with Crippen LogP contribution in [0.25, 0.3) is 0 Å². The predicted molar refractivity (Wildman–Crippen MR) is 92.6 cm³/mol. The smallest absolute Gasteiger partial charge is 0.433 e. The Morgan fingerprint density at radius 2 is 1.89 bits per heavy atom. The number of carboxylic acids is 1. The second-order valence-electron chi connectivity index (χ2n) is 8.00. The molecule has 148 valence electrons. The van der Waals surface area contributed by atoms with Gasteiger partial charge < -0.3 is 14.9 Å². The maximum atomic E-state index is 13.4. The average molecular weight is 384 g/mol. The first kappa shape index (κ1) is 18.3. The van der Waals surface area contributed by atoms with Gasteiger partial charge in [0, 0.05) is 38.2 Å². The van der Waals surface area contributed by atoms with Crippen molar-refractivity contribution in [2.45, 2.75) is 44.8 Å². The molecular weight excluding hydrogens is 361 g/mol. The molecule has 0 amide bonds. The van der Waals surface area contributed by atoms with Crippen molar-refractivity contribution in [2.24, 2.45) is 17.8 Å². The molecule has 2 unspecified atom stereocenters. The summed E-state index contributed by atoms with van der Waals surface area (Å²) >= 11 is 0. The van der Waals surface area contributed by atoms with Crippen LogP contribution in [0.1, 0.15) is 38.3 Å². The summed E-state index contributed by atoms with van der Waals surface area (Å²) < 4.78 is 40.1. The summed E-state index contributed by atoms with van der Waals surface area (Å²) in [5, 5.41) is 9.13. The molecule has 3 fully saturated rings. The Morgan fingerprint density at radius 1 is 1.22 bits per heavy atom. The van der Waals surface area contributed by atoms with E-state index in [2.05, 4.69) is 9.97 Å². The summed E-state index contributed by atoms with van der Waals surface area (Å²) in [6.45, 7) is 3.72. The van der Waals surface area contributed by atoms with E-state index in [9.17, 15) is 18.0 Å². The molecule has 1 saturated carbocycles. The summed E-state index contributed by atoms with van der Waals surface area (Å²) in [6, 6.07) is 1.17. The number of hydrogen-bond donors (Lipinski definition) is 1. The topological polar surface area (TPSA) is 69.6 Å². The highest BCUT2D eigenvalue weighted by Crippen LogP contribution is 2.45. The highest BCUT2D eigenvalue weighted by molar-refractivity contribution is 5.67. The van der Waals surface area contributed by atoms with Gasteiger partial charge in [-0.2, -0.15) is 18.2 Å². The molecule has 27 heavy (non-hydrogen) atoms. The SMILES string of the molecule is CC1CCN1c1nc(N2C[C@H]3CC[C@@H](C2)C3CC(=O)O)cc(C(F)(F)F)n1. The molecule has 6 nitrogen and oxygen atoms in total. The Hall–Kier alpha value is -2.06. The summed E-state index contributed by atoms with van der Waals surface area (Å²) in [5.41, 5.74) is -0.915. The van der Waals surface area contributed by atoms with E-state index in [-0.39, 0.29) is 36.2 Å². The van der Waals surface area contributed by atoms with Crippen molar-refractivity contribution < 1.29 is 23.1 Å². The van der Waals surface area contributed by atoms with E-state index in [1.807, 2.05) is 11.8 Å². The third-order valence-corrected chi connectivity index (χ3v) is 6.33. The summed E-state index contributed by atoms with van der Waals surface area (Å²) in [7, 11) is 0. The number of piperidine rings is 1. The van der Waals surface area contributed by atoms with E-state index in [4.69, 9.17) is 5.11 Å². The molecule has 0 spiro atoms. The number of carboxylic acid groups (broad SMARTS) is 1. The van der Waals surface area contributed by atoms with E-state index in [1.54, 1.807) is 4.90 Å². The van der Waals surface area contributed by atoms with Gasteiger partial charge in [-0.1, -0.05) is 0 Å². The van der Waals surface area contributed by atoms with Crippen molar-refractivity contribution in [1.82, 2.24) is 9.97 Å². The Balaban J connectivity index is 1.62. The van der Waals surface area contributed by atoms with Crippen LogP contribution in [0, 0.1) is 17.8 Å². The van der Waals surface area contributed by atoms with Crippen molar-refractivity contribution in [2.75, 3.05) is 29.4 Å². The molecule has 4 atom stereocenters. The lowest BCUT2D eigenvalue weighted by Crippen LogP contribution is -2.47. The quantitative estimate of drug-likeness (QED) is 0.861. The molecule has 0 aromatic carbocycles. The van der Waals surface area contributed by atoms with Gasteiger partial charge in [0.25, 0.3) is 0 Å². The fourth-order valence-electron chi connectivity index (χ4n) is 4.73. The lowest BCUT2D eigenvalue weighted by Gasteiger charge is -2.41. The van der Waals surface area contributed by atoms with E-state index in [0.717, 1.165) is 25.3 Å². The molecule has 3 heterocycles. The van der Waals surface area contributed by atoms with Gasteiger partial charge in [-0.15, -0.1) is 0 Å². The van der Waals surface area contributed by atoms with Crippen LogP contribution in [0.3, 0.4) is 0 Å². The summed E-state index contributed by atoms with van der Waals surface area (Å²) in [5.74, 6) is 0.125. The second-order valence-corrected chi connectivity index (χ2v) is 8.00. The first-order valence-corrected chi connectivity index (χ1v) is 9.42. The van der Waals surface area contributed by atoms with E-state index >= 15 is 0 Å². The maximum absolute atomic E-state index is 13.4. The normalized spacial score (nSPS) is 30.4. The summed E-state index contributed by atoms with van der Waals surface area (Å²) in [6.07, 6.45) is -1.63. The number of alkyl halides is 3. The highest BCUT2D eigenvalue weighted by atomic mass is 19.4. The maximum Gasteiger partial charge on any atom is 0.433 e. The zero-order valence-corrected chi connectivity index (χ0v) is 15.1. The number of hydrogen-bond acceptors (Lipinski definition) is 5. The van der Waals surface area contributed by atoms with Crippen LogP contribution in [0.5, 0.6) is 0 Å². The Bertz CT molecular complexity index is 728. The van der Waals surface area contributed by atoms with E-state index in [0.29, 0.717) is 25.5 Å². The minimum Gasteiger partial charge on any atom is -0.481 e. The lowest BCUT2D eigenvalue weighted by molar-refractivity contribution is -0.141. The van der Waals surface area contributed by atoms with E-state index in [1.165, 1.54) is 0 Å². The van der Waals surface area contributed by atoms with Crippen LogP contribution in [-0.2, 0) is 11.0 Å². The van der Waals surface area contributed by atoms with E-state index < -0.39 is 17.8 Å². The number of aliphatic carboxylic acids is 1. The molecule has 2 aliphatic heterocycles. The molecule has 1 N–H and O–H groups in total. The van der Waals surface area contributed by atoms with Crippen molar-refractivity contribution in [3.8, 4) is 0 Å². The third kappa shape index (κ3) is 3.43. The van der Waals surface area contributed by atoms with Crippen molar-refractivity contribution in [3.63, 3.8) is 0 Å². The fourth-order valence-corrected chi connectivity index (χ4v) is 4.73. The molecule has 0 radical (unpaired) electrons. The number of halogens is 3. The zero-order valence-electron chi connectivity index (χ0n) is 15.1. The van der Waals surface area contributed by atoms with Crippen LogP contribution >= 0.6 is 0 Å². The number of carbonyl (C=O) groups is 1. The Labute approximate surface area is 155 Å². The number of anilines is 2. The fraction of sp³-hybridized carbons (Fsp3) is 0.722. The van der Waals surface area contributed by atoms with Crippen LogP contribution in [0.15, 0.2) is 6.07 Å². The predicted octanol–water partition coefficient (Wildman–Crippen LogP) is 3.03. The minimum absolute atomic E-state index is 0.109. The van der Waals surface area contributed by atoms with Gasteiger partial charge in [0.05, 0.1) is 0 Å². The molecule has 3 aliphatic rings. The van der Waals surface area contributed by atoms with Gasteiger partial charge in [0.2, 0.25) is 5.95 Å². The number of nitrogens with zero attached hydrogens (tertiary/aromatic N) is 4.